The van der Waals surface area contributed by atoms with E-state index in [0.717, 1.165) is 18.7 Å². The quantitative estimate of drug-likeness (QED) is 0.472. The number of hydrogen-bond acceptors (Lipinski definition) is 5. The first-order valence-electron chi connectivity index (χ1n) is 5.79. The monoisotopic (exact) mass is 239 g/mol. The number of hydrogen-bond donors (Lipinski definition) is 4. The molecule has 7 heteroatoms. The van der Waals surface area contributed by atoms with Crippen molar-refractivity contribution in [3.63, 3.8) is 0 Å². The minimum atomic E-state index is -0.403. The lowest BCUT2D eigenvalue weighted by Crippen LogP contribution is -2.40. The molecule has 2 heterocycles. The molecule has 1 aromatic heterocycles. The number of aromatic amines is 1. The van der Waals surface area contributed by atoms with Crippen LogP contribution in [-0.2, 0) is 11.2 Å². The van der Waals surface area contributed by atoms with Gasteiger partial charge in [0.05, 0.1) is 12.1 Å². The molecule has 2 atom stereocenters. The second-order valence-electron chi connectivity index (χ2n) is 4.18. The number of carbonyl (C=O) groups is 1. The van der Waals surface area contributed by atoms with Crippen LogP contribution in [0.5, 0.6) is 0 Å². The third-order valence-electron chi connectivity index (χ3n) is 2.78. The first kappa shape index (κ1) is 12.0. The Bertz CT molecular complexity index is 354. The highest BCUT2D eigenvalue weighted by atomic mass is 16.3. The van der Waals surface area contributed by atoms with Crippen molar-refractivity contribution in [1.29, 1.82) is 0 Å². The average Bonchev–Trinajstić information content (AvgIpc) is 2.95. The van der Waals surface area contributed by atoms with Gasteiger partial charge in [-0.1, -0.05) is 0 Å². The molecule has 0 saturated carbocycles. The van der Waals surface area contributed by atoms with Crippen LogP contribution in [0.2, 0.25) is 0 Å². The first-order valence-corrected chi connectivity index (χ1v) is 5.79. The summed E-state index contributed by atoms with van der Waals surface area (Å²) < 4.78 is 0. The standard InChI is InChI=1S/C10H17N5O2/c16-7-4-8(12-5-7)10(17)11-3-1-2-9-13-6-14-15-9/h6-8,12,16H,1-5H2,(H,11,17)(H,13,14,15). The lowest BCUT2D eigenvalue weighted by atomic mass is 10.2. The highest BCUT2D eigenvalue weighted by molar-refractivity contribution is 5.82. The summed E-state index contributed by atoms with van der Waals surface area (Å²) in [5.74, 6) is 0.785. The van der Waals surface area contributed by atoms with Crippen molar-refractivity contribution in [3.8, 4) is 0 Å². The second kappa shape index (κ2) is 5.74. The first-order chi connectivity index (χ1) is 8.25. The molecule has 0 radical (unpaired) electrons. The Hall–Kier alpha value is -1.47. The molecule has 1 amide bonds. The Morgan fingerprint density at radius 2 is 2.53 bits per heavy atom. The number of aliphatic hydroxyl groups is 1. The minimum Gasteiger partial charge on any atom is -0.392 e. The van der Waals surface area contributed by atoms with Crippen LogP contribution in [0.3, 0.4) is 0 Å². The van der Waals surface area contributed by atoms with E-state index in [1.807, 2.05) is 0 Å². The molecule has 94 valence electrons. The number of H-pyrrole nitrogens is 1. The van der Waals surface area contributed by atoms with Gasteiger partial charge in [-0.25, -0.2) is 4.98 Å². The Morgan fingerprint density at radius 1 is 1.65 bits per heavy atom. The Labute approximate surface area is 99.0 Å². The van der Waals surface area contributed by atoms with E-state index in [9.17, 15) is 9.90 Å². The number of aliphatic hydroxyl groups excluding tert-OH is 1. The summed E-state index contributed by atoms with van der Waals surface area (Å²) in [6.45, 7) is 1.10. The molecule has 2 rings (SSSR count). The van der Waals surface area contributed by atoms with Gasteiger partial charge in [-0.3, -0.25) is 9.89 Å². The van der Waals surface area contributed by atoms with Gasteiger partial charge in [0.25, 0.3) is 0 Å². The number of amides is 1. The molecular weight excluding hydrogens is 222 g/mol. The van der Waals surface area contributed by atoms with Crippen molar-refractivity contribution in [2.24, 2.45) is 0 Å². The highest BCUT2D eigenvalue weighted by Gasteiger charge is 2.27. The zero-order valence-electron chi connectivity index (χ0n) is 9.52. The number of nitrogens with one attached hydrogen (secondary N) is 3. The van der Waals surface area contributed by atoms with Crippen LogP contribution in [0, 0.1) is 0 Å². The summed E-state index contributed by atoms with van der Waals surface area (Å²) in [5, 5.41) is 21.6. The molecule has 1 fully saturated rings. The van der Waals surface area contributed by atoms with Gasteiger partial charge in [-0.2, -0.15) is 5.10 Å². The van der Waals surface area contributed by atoms with Gasteiger partial charge in [0, 0.05) is 19.5 Å². The topological polar surface area (TPSA) is 103 Å². The van der Waals surface area contributed by atoms with Crippen molar-refractivity contribution in [3.05, 3.63) is 12.2 Å². The van der Waals surface area contributed by atoms with Crippen LogP contribution in [0.25, 0.3) is 0 Å². The number of nitrogens with zero attached hydrogens (tertiary/aromatic N) is 2. The SMILES string of the molecule is O=C(NCCCc1ncn[nH]1)C1CC(O)CN1. The molecule has 1 aliphatic rings. The minimum absolute atomic E-state index is 0.0425. The third kappa shape index (κ3) is 3.50. The molecule has 0 aliphatic carbocycles. The molecule has 17 heavy (non-hydrogen) atoms. The zero-order valence-corrected chi connectivity index (χ0v) is 9.52. The molecule has 0 spiro atoms. The van der Waals surface area contributed by atoms with Crippen molar-refractivity contribution < 1.29 is 9.90 Å². The molecule has 1 saturated heterocycles. The largest absolute Gasteiger partial charge is 0.392 e. The summed E-state index contributed by atoms with van der Waals surface area (Å²) in [5.41, 5.74) is 0. The normalized spacial score (nSPS) is 23.8. The van der Waals surface area contributed by atoms with E-state index in [1.165, 1.54) is 6.33 Å². The average molecular weight is 239 g/mol. The zero-order chi connectivity index (χ0) is 12.1. The Balaban J connectivity index is 1.60. The summed E-state index contributed by atoms with van der Waals surface area (Å²) in [6, 6.07) is -0.254. The molecule has 2 unspecified atom stereocenters. The van der Waals surface area contributed by atoms with Crippen LogP contribution < -0.4 is 10.6 Å². The lowest BCUT2D eigenvalue weighted by Gasteiger charge is -2.10. The molecule has 1 aromatic rings. The van der Waals surface area contributed by atoms with Crippen LogP contribution in [0.15, 0.2) is 6.33 Å². The lowest BCUT2D eigenvalue weighted by molar-refractivity contribution is -0.122. The van der Waals surface area contributed by atoms with Crippen LogP contribution >= 0.6 is 0 Å². The molecular formula is C10H17N5O2. The predicted octanol–water partition coefficient (Wildman–Crippen LogP) is -1.42. The number of β-amino-alcohol motifs (C(OH)–C–C–N with tert-alkyl or cyclic N) is 1. The number of aryl methyl sites for hydroxylation is 1. The van der Waals surface area contributed by atoms with Crippen LogP contribution in [-0.4, -0.2) is 51.4 Å². The smallest absolute Gasteiger partial charge is 0.237 e. The van der Waals surface area contributed by atoms with Crippen molar-refractivity contribution in [1.82, 2.24) is 25.8 Å². The molecule has 0 aromatic carbocycles. The third-order valence-corrected chi connectivity index (χ3v) is 2.78. The van der Waals surface area contributed by atoms with Crippen molar-refractivity contribution in [2.45, 2.75) is 31.4 Å². The maximum atomic E-state index is 11.6. The maximum Gasteiger partial charge on any atom is 0.237 e. The fraction of sp³-hybridized carbons (Fsp3) is 0.700. The van der Waals surface area contributed by atoms with Gasteiger partial charge < -0.3 is 15.7 Å². The van der Waals surface area contributed by atoms with Gasteiger partial charge in [0.15, 0.2) is 0 Å². The van der Waals surface area contributed by atoms with E-state index in [2.05, 4.69) is 25.8 Å². The van der Waals surface area contributed by atoms with E-state index < -0.39 is 6.10 Å². The maximum absolute atomic E-state index is 11.6. The van der Waals surface area contributed by atoms with Crippen molar-refractivity contribution in [2.75, 3.05) is 13.1 Å². The Kier molecular flexibility index (Phi) is 4.05. The van der Waals surface area contributed by atoms with Crippen molar-refractivity contribution >= 4 is 5.91 Å². The van der Waals surface area contributed by atoms with Gasteiger partial charge in [0.1, 0.15) is 12.2 Å². The van der Waals surface area contributed by atoms with E-state index in [0.29, 0.717) is 19.5 Å². The highest BCUT2D eigenvalue weighted by Crippen LogP contribution is 2.05. The fourth-order valence-corrected chi connectivity index (χ4v) is 1.86. The van der Waals surface area contributed by atoms with Gasteiger partial charge in [-0.05, 0) is 12.8 Å². The second-order valence-corrected chi connectivity index (χ2v) is 4.18. The van der Waals surface area contributed by atoms with Gasteiger partial charge in [-0.15, -0.1) is 0 Å². The Morgan fingerprint density at radius 3 is 3.18 bits per heavy atom. The van der Waals surface area contributed by atoms with E-state index in [4.69, 9.17) is 0 Å². The summed E-state index contributed by atoms with van der Waals surface area (Å²) >= 11 is 0. The molecule has 1 aliphatic heterocycles. The van der Waals surface area contributed by atoms with Crippen LogP contribution in [0.4, 0.5) is 0 Å². The summed E-state index contributed by atoms with van der Waals surface area (Å²) in [7, 11) is 0. The van der Waals surface area contributed by atoms with E-state index in [1.54, 1.807) is 0 Å². The van der Waals surface area contributed by atoms with Gasteiger partial charge in [0.2, 0.25) is 5.91 Å². The fourth-order valence-electron chi connectivity index (χ4n) is 1.86. The molecule has 0 bridgehead atoms. The van der Waals surface area contributed by atoms with Gasteiger partial charge >= 0.3 is 0 Å². The summed E-state index contributed by atoms with van der Waals surface area (Å²) in [4.78, 5) is 15.6. The summed E-state index contributed by atoms with van der Waals surface area (Å²) in [6.07, 6.45) is 3.14. The van der Waals surface area contributed by atoms with Crippen LogP contribution in [0.1, 0.15) is 18.7 Å². The molecule has 4 N–H and O–H groups in total. The predicted molar refractivity (Wildman–Crippen MR) is 60.1 cm³/mol. The van der Waals surface area contributed by atoms with E-state index in [-0.39, 0.29) is 11.9 Å². The number of aromatic nitrogens is 3. The number of rotatable bonds is 5. The van der Waals surface area contributed by atoms with E-state index >= 15 is 0 Å². The molecule has 7 nitrogen and oxygen atoms in total. The number of carbonyl (C=O) groups excluding carboxylic acids is 1.